The van der Waals surface area contributed by atoms with E-state index in [-0.39, 0.29) is 0 Å². The molecule has 23 rings (SSSR count). The van der Waals surface area contributed by atoms with Gasteiger partial charge in [0, 0.05) is 101 Å². The van der Waals surface area contributed by atoms with Crippen LogP contribution in [0.5, 0.6) is 0 Å². The molecule has 23 aromatic rings. The van der Waals surface area contributed by atoms with Crippen LogP contribution in [-0.2, 0) is 0 Å². The zero-order chi connectivity index (χ0) is 79.4. The molecule has 10 aromatic heterocycles. The first-order chi connectivity index (χ1) is 59.4. The summed E-state index contributed by atoms with van der Waals surface area (Å²) in [6.45, 7) is 0. The number of aromatic nitrogens is 12. The molecule has 0 fully saturated rings. The minimum Gasteiger partial charge on any atom is -0.254 e. The SMILES string of the molecule is c1ccc(-c2cc(-c3ccccc3)nc(-c3ccc4cc(-c5ccc6nc(-c7ccc(-c8cc9cccnc9c9ncccc89)cc7)ccc6c5)ccc4n3)n2)cc1.c1ccc(-c2cc(-c3ccccc3)nc(-c3ccc4cc(-c5ccc6nc(-c7ccc(-c8ccc9ccc%10cccnc%10c9n8)c8ccccc78)ccc6c5)ccc4n3)n2)cc1. The molecular weight excluding hydrogens is 1470 g/mol. The highest BCUT2D eigenvalue weighted by Crippen LogP contribution is 2.41. The fraction of sp³-hybridized carbons (Fsp3) is 0. The molecule has 0 aliphatic carbocycles. The molecule has 0 bridgehead atoms. The number of hydrogen-bond donors (Lipinski definition) is 0. The molecule has 0 aliphatic rings. The van der Waals surface area contributed by atoms with Crippen LogP contribution in [0, 0.1) is 0 Å². The van der Waals surface area contributed by atoms with Gasteiger partial charge in [0.15, 0.2) is 11.6 Å². The van der Waals surface area contributed by atoms with E-state index in [1.165, 1.54) is 0 Å². The van der Waals surface area contributed by atoms with Crippen molar-refractivity contribution in [2.75, 3.05) is 0 Å². The Hall–Kier alpha value is -16.4. The Balaban J connectivity index is 0.000000144. The van der Waals surface area contributed by atoms with Crippen molar-refractivity contribution in [1.29, 1.82) is 0 Å². The second-order valence-corrected chi connectivity index (χ2v) is 29.9. The van der Waals surface area contributed by atoms with Gasteiger partial charge in [-0.15, -0.1) is 0 Å². The summed E-state index contributed by atoms with van der Waals surface area (Å²) in [5.41, 5.74) is 29.1. The Morgan fingerprint density at radius 2 is 0.458 bits per heavy atom. The zero-order valence-electron chi connectivity index (χ0n) is 64.5. The molecule has 0 amide bonds. The minimum absolute atomic E-state index is 0.593. The Labute approximate surface area is 689 Å². The summed E-state index contributed by atoms with van der Waals surface area (Å²) < 4.78 is 0. The number of hydrogen-bond acceptors (Lipinski definition) is 12. The number of benzene rings is 13. The first-order valence-electron chi connectivity index (χ1n) is 39.9. The minimum atomic E-state index is 0.593. The van der Waals surface area contributed by atoms with Crippen molar-refractivity contribution in [3.8, 4) is 135 Å². The Bertz CT molecular complexity index is 7850. The molecule has 0 unspecified atom stereocenters. The van der Waals surface area contributed by atoms with E-state index < -0.39 is 0 Å². The fourth-order valence-electron chi connectivity index (χ4n) is 16.4. The first-order valence-corrected chi connectivity index (χ1v) is 39.9. The summed E-state index contributed by atoms with van der Waals surface area (Å²) in [4.78, 5) is 59.5. The Kier molecular flexibility index (Phi) is 17.6. The molecule has 12 nitrogen and oxygen atoms in total. The molecule has 0 saturated heterocycles. The van der Waals surface area contributed by atoms with Crippen molar-refractivity contribution in [3.63, 3.8) is 0 Å². The number of rotatable bonds is 12. The molecule has 10 heterocycles. The van der Waals surface area contributed by atoms with E-state index >= 15 is 0 Å². The van der Waals surface area contributed by atoms with Gasteiger partial charge in [-0.3, -0.25) is 15.0 Å². The van der Waals surface area contributed by atoms with E-state index in [0.29, 0.717) is 11.6 Å². The van der Waals surface area contributed by atoms with Crippen molar-refractivity contribution in [3.05, 3.63) is 401 Å². The smallest absolute Gasteiger partial charge is 0.179 e. The third kappa shape index (κ3) is 13.4. The van der Waals surface area contributed by atoms with Crippen LogP contribution in [0.4, 0.5) is 0 Å². The molecule has 0 aliphatic heterocycles. The Morgan fingerprint density at radius 3 is 0.917 bits per heavy atom. The summed E-state index contributed by atoms with van der Waals surface area (Å²) in [6, 6.07) is 132. The van der Waals surface area contributed by atoms with Gasteiger partial charge in [0.2, 0.25) is 0 Å². The molecule has 12 heteroatoms. The first kappa shape index (κ1) is 70.2. The second kappa shape index (κ2) is 30.1. The third-order valence-electron chi connectivity index (χ3n) is 22.5. The maximum atomic E-state index is 5.20. The maximum Gasteiger partial charge on any atom is 0.179 e. The molecule has 0 N–H and O–H groups in total. The van der Waals surface area contributed by atoms with Gasteiger partial charge < -0.3 is 0 Å². The Morgan fingerprint density at radius 1 is 0.142 bits per heavy atom. The fourth-order valence-corrected chi connectivity index (χ4v) is 16.4. The summed E-state index contributed by atoms with van der Waals surface area (Å²) in [7, 11) is 0. The standard InChI is InChI=1S/C56H34N6.C52H32N6/c1-3-10-35(11-4-1)52-34-53(36-12-5-2-6-13-36)62-56(61-52)51-30-23-42-33-40(21-27-48(42)59-51)39-20-26-47-41(32-39)22-29-49(58-47)45-24-25-46(44-16-8-7-15-43(44)45)50-28-19-38-18-17-37-14-9-31-57-54(37)55(38)60-50;1-3-9-34(10-4-1)48-32-49(35-11-5-2-6-12-35)58-52(57-48)47-26-22-40-30-38(20-24-46(40)56-47)37-19-23-45-39(29-37)21-25-44(55-45)36-17-15-33(16-18-36)43-31-41-13-7-27-53-50(41)51-42(43)14-8-28-54-51/h1-34H;1-32H. The average Bonchev–Trinajstić information content (AvgIpc) is 0.765. The lowest BCUT2D eigenvalue weighted by atomic mass is 9.95. The predicted octanol–water partition coefficient (Wildman–Crippen LogP) is 26.5. The second-order valence-electron chi connectivity index (χ2n) is 29.9. The normalized spacial score (nSPS) is 11.5. The summed E-state index contributed by atoms with van der Waals surface area (Å²) in [5.74, 6) is 1.19. The van der Waals surface area contributed by atoms with Gasteiger partial charge in [-0.05, 0) is 159 Å². The van der Waals surface area contributed by atoms with Crippen molar-refractivity contribution >= 4 is 98.0 Å². The van der Waals surface area contributed by atoms with E-state index in [1.807, 2.05) is 134 Å². The molecule has 0 saturated carbocycles. The van der Waals surface area contributed by atoms with Crippen LogP contribution in [0.25, 0.3) is 233 Å². The van der Waals surface area contributed by atoms with Crippen LogP contribution in [0.2, 0.25) is 0 Å². The van der Waals surface area contributed by atoms with Crippen molar-refractivity contribution in [2.45, 2.75) is 0 Å². The van der Waals surface area contributed by atoms with Crippen molar-refractivity contribution < 1.29 is 0 Å². The van der Waals surface area contributed by atoms with Gasteiger partial charge in [0.05, 0.1) is 84.0 Å². The summed E-state index contributed by atoms with van der Waals surface area (Å²) >= 11 is 0. The lowest BCUT2D eigenvalue weighted by Gasteiger charge is -2.13. The van der Waals surface area contributed by atoms with Crippen LogP contribution in [0.1, 0.15) is 0 Å². The molecule has 0 spiro atoms. The van der Waals surface area contributed by atoms with Crippen molar-refractivity contribution in [1.82, 2.24) is 59.8 Å². The summed E-state index contributed by atoms with van der Waals surface area (Å²) in [6.07, 6.45) is 5.49. The molecule has 120 heavy (non-hydrogen) atoms. The van der Waals surface area contributed by atoms with Crippen molar-refractivity contribution in [2.24, 2.45) is 0 Å². The largest absolute Gasteiger partial charge is 0.254 e. The monoisotopic (exact) mass is 1530 g/mol. The summed E-state index contributed by atoms with van der Waals surface area (Å²) in [5, 5.41) is 10.8. The van der Waals surface area contributed by atoms with E-state index in [4.69, 9.17) is 44.9 Å². The van der Waals surface area contributed by atoms with Crippen LogP contribution >= 0.6 is 0 Å². The van der Waals surface area contributed by atoms with Gasteiger partial charge in [0.25, 0.3) is 0 Å². The van der Waals surface area contributed by atoms with Crippen LogP contribution in [0.3, 0.4) is 0 Å². The van der Waals surface area contributed by atoms with Gasteiger partial charge in [0.1, 0.15) is 11.4 Å². The lowest BCUT2D eigenvalue weighted by Crippen LogP contribution is -1.97. The molecule has 558 valence electrons. The molecular formula is C108H66N12. The van der Waals surface area contributed by atoms with E-state index in [0.717, 1.165) is 222 Å². The predicted molar refractivity (Wildman–Crippen MR) is 489 cm³/mol. The molecule has 0 atom stereocenters. The van der Waals surface area contributed by atoms with E-state index in [1.54, 1.807) is 0 Å². The van der Waals surface area contributed by atoms with Crippen LogP contribution in [0.15, 0.2) is 401 Å². The number of nitrogens with zero attached hydrogens (tertiary/aromatic N) is 12. The van der Waals surface area contributed by atoms with Gasteiger partial charge in [-0.25, -0.2) is 44.9 Å². The highest BCUT2D eigenvalue weighted by atomic mass is 14.9. The van der Waals surface area contributed by atoms with Crippen LogP contribution < -0.4 is 0 Å². The van der Waals surface area contributed by atoms with E-state index in [9.17, 15) is 0 Å². The topological polar surface area (TPSA) is 155 Å². The quantitative estimate of drug-likeness (QED) is 0.107. The number of pyridine rings is 8. The molecule has 13 aromatic carbocycles. The molecule has 0 radical (unpaired) electrons. The van der Waals surface area contributed by atoms with E-state index in [2.05, 4.69) is 282 Å². The zero-order valence-corrected chi connectivity index (χ0v) is 64.5. The van der Waals surface area contributed by atoms with Gasteiger partial charge in [-0.2, -0.15) is 0 Å². The van der Waals surface area contributed by atoms with Crippen LogP contribution in [-0.4, -0.2) is 59.8 Å². The maximum absolute atomic E-state index is 5.20. The van der Waals surface area contributed by atoms with Gasteiger partial charge >= 0.3 is 0 Å². The van der Waals surface area contributed by atoms with Gasteiger partial charge in [-0.1, -0.05) is 267 Å². The lowest BCUT2D eigenvalue weighted by molar-refractivity contribution is 1.16. The average molecular weight is 1530 g/mol. The third-order valence-corrected chi connectivity index (χ3v) is 22.5. The highest BCUT2D eigenvalue weighted by molar-refractivity contribution is 6.11. The number of fused-ring (bicyclic) bond motifs is 11. The highest BCUT2D eigenvalue weighted by Gasteiger charge is 2.20.